The van der Waals surface area contributed by atoms with Crippen LogP contribution >= 0.6 is 39.1 Å². The van der Waals surface area contributed by atoms with Crippen LogP contribution in [0.25, 0.3) is 0 Å². The van der Waals surface area contributed by atoms with Crippen molar-refractivity contribution in [3.05, 3.63) is 39.0 Å². The number of hydrogen-bond acceptors (Lipinski definition) is 4. The van der Waals surface area contributed by atoms with Gasteiger partial charge in [0.2, 0.25) is 0 Å². The predicted octanol–water partition coefficient (Wildman–Crippen LogP) is 3.87. The molecule has 7 heteroatoms. The zero-order valence-electron chi connectivity index (χ0n) is 8.42. The Bertz CT molecular complexity index is 562. The lowest BCUT2D eigenvalue weighted by molar-refractivity contribution is 1.21. The maximum Gasteiger partial charge on any atom is 0.151 e. The summed E-state index contributed by atoms with van der Waals surface area (Å²) in [4.78, 5) is 7.97. The quantitative estimate of drug-likeness (QED) is 0.819. The van der Waals surface area contributed by atoms with E-state index in [4.69, 9.17) is 28.9 Å². The topological polar surface area (TPSA) is 63.8 Å². The van der Waals surface area contributed by atoms with Crippen LogP contribution in [0.3, 0.4) is 0 Å². The molecule has 88 valence electrons. The van der Waals surface area contributed by atoms with E-state index in [1.54, 1.807) is 18.3 Å². The lowest BCUT2D eigenvalue weighted by atomic mass is 10.3. The number of nitrogens with zero attached hydrogens (tertiary/aromatic N) is 2. The second-order valence-electron chi connectivity index (χ2n) is 3.18. The lowest BCUT2D eigenvalue weighted by Gasteiger charge is -2.09. The van der Waals surface area contributed by atoms with E-state index in [0.29, 0.717) is 27.4 Å². The maximum absolute atomic E-state index is 6.08. The average molecular weight is 334 g/mol. The molecule has 0 aliphatic heterocycles. The highest BCUT2D eigenvalue weighted by Crippen LogP contribution is 2.36. The van der Waals surface area contributed by atoms with Gasteiger partial charge in [-0.2, -0.15) is 0 Å². The third-order valence-corrected chi connectivity index (χ3v) is 3.72. The van der Waals surface area contributed by atoms with Gasteiger partial charge in [-0.15, -0.1) is 0 Å². The van der Waals surface area contributed by atoms with E-state index in [0.717, 1.165) is 4.47 Å². The Morgan fingerprint density at radius 1 is 1.18 bits per heavy atom. The highest BCUT2D eigenvalue weighted by molar-refractivity contribution is 9.10. The third-order valence-electron chi connectivity index (χ3n) is 1.95. The SMILES string of the molecule is Nc1cncc(Nc2ccc(Br)c(Cl)c2Cl)n1. The number of halogens is 3. The van der Waals surface area contributed by atoms with Crippen molar-refractivity contribution in [2.45, 2.75) is 0 Å². The van der Waals surface area contributed by atoms with E-state index in [-0.39, 0.29) is 0 Å². The standard InChI is InChI=1S/C10H7BrCl2N4/c11-5-1-2-6(10(13)9(5)12)16-8-4-15-3-7(14)17-8/h1-4H,(H3,14,16,17). The van der Waals surface area contributed by atoms with Gasteiger partial charge in [0, 0.05) is 4.47 Å². The summed E-state index contributed by atoms with van der Waals surface area (Å²) in [6.07, 6.45) is 3.00. The van der Waals surface area contributed by atoms with Crippen LogP contribution in [0.1, 0.15) is 0 Å². The normalized spacial score (nSPS) is 10.3. The van der Waals surface area contributed by atoms with Crippen molar-refractivity contribution in [3.8, 4) is 0 Å². The number of nitrogen functional groups attached to an aromatic ring is 1. The molecule has 0 aliphatic carbocycles. The van der Waals surface area contributed by atoms with Crippen molar-refractivity contribution in [3.63, 3.8) is 0 Å². The number of anilines is 3. The fourth-order valence-electron chi connectivity index (χ4n) is 1.20. The smallest absolute Gasteiger partial charge is 0.151 e. The van der Waals surface area contributed by atoms with Gasteiger partial charge >= 0.3 is 0 Å². The van der Waals surface area contributed by atoms with E-state index in [1.165, 1.54) is 6.20 Å². The molecule has 17 heavy (non-hydrogen) atoms. The number of aromatic nitrogens is 2. The molecule has 0 saturated heterocycles. The largest absolute Gasteiger partial charge is 0.382 e. The molecule has 0 bridgehead atoms. The first kappa shape index (κ1) is 12.4. The number of rotatable bonds is 2. The minimum absolute atomic E-state index is 0.328. The molecule has 3 N–H and O–H groups in total. The second kappa shape index (κ2) is 5.08. The molecule has 0 amide bonds. The summed E-state index contributed by atoms with van der Waals surface area (Å²) in [5.74, 6) is 0.833. The number of benzene rings is 1. The summed E-state index contributed by atoms with van der Waals surface area (Å²) >= 11 is 15.4. The van der Waals surface area contributed by atoms with Gasteiger partial charge in [-0.3, -0.25) is 4.98 Å². The Kier molecular flexibility index (Phi) is 3.71. The molecule has 0 saturated carbocycles. The highest BCUT2D eigenvalue weighted by atomic mass is 79.9. The molecule has 4 nitrogen and oxygen atoms in total. The Morgan fingerprint density at radius 2 is 1.94 bits per heavy atom. The van der Waals surface area contributed by atoms with Crippen LogP contribution in [0.5, 0.6) is 0 Å². The lowest BCUT2D eigenvalue weighted by Crippen LogP contribution is -1.98. The molecule has 0 radical (unpaired) electrons. The van der Waals surface area contributed by atoms with Crippen LogP contribution in [0.2, 0.25) is 10.0 Å². The summed E-state index contributed by atoms with van der Waals surface area (Å²) in [5.41, 5.74) is 6.16. The van der Waals surface area contributed by atoms with Gasteiger partial charge in [-0.05, 0) is 28.1 Å². The van der Waals surface area contributed by atoms with Crippen LogP contribution in [-0.4, -0.2) is 9.97 Å². The molecular weight excluding hydrogens is 327 g/mol. The van der Waals surface area contributed by atoms with Crippen molar-refractivity contribution in [1.29, 1.82) is 0 Å². The molecule has 2 rings (SSSR count). The van der Waals surface area contributed by atoms with E-state index < -0.39 is 0 Å². The fourth-order valence-corrected chi connectivity index (χ4v) is 2.02. The van der Waals surface area contributed by atoms with Crippen LogP contribution in [-0.2, 0) is 0 Å². The molecule has 0 spiro atoms. The second-order valence-corrected chi connectivity index (χ2v) is 4.79. The maximum atomic E-state index is 6.08. The van der Waals surface area contributed by atoms with Crippen molar-refractivity contribution in [2.75, 3.05) is 11.1 Å². The Labute approximate surface area is 116 Å². The number of nitrogens with one attached hydrogen (secondary N) is 1. The van der Waals surface area contributed by atoms with Gasteiger partial charge in [0.15, 0.2) is 5.82 Å². The molecule has 2 aromatic rings. The zero-order chi connectivity index (χ0) is 12.4. The first-order valence-electron chi connectivity index (χ1n) is 4.56. The van der Waals surface area contributed by atoms with E-state index in [9.17, 15) is 0 Å². The number of hydrogen-bond donors (Lipinski definition) is 2. The van der Waals surface area contributed by atoms with Gasteiger partial charge in [-0.1, -0.05) is 23.2 Å². The Balaban J connectivity index is 2.34. The monoisotopic (exact) mass is 332 g/mol. The third kappa shape index (κ3) is 2.80. The van der Waals surface area contributed by atoms with Crippen molar-refractivity contribution in [2.24, 2.45) is 0 Å². The molecule has 1 aromatic carbocycles. The molecule has 0 fully saturated rings. The average Bonchev–Trinajstić information content (AvgIpc) is 2.30. The van der Waals surface area contributed by atoms with Crippen molar-refractivity contribution < 1.29 is 0 Å². The fraction of sp³-hybridized carbons (Fsp3) is 0. The first-order chi connectivity index (χ1) is 8.08. The molecular formula is C10H7BrCl2N4. The summed E-state index contributed by atoms with van der Waals surface area (Å²) in [5, 5.41) is 3.84. The first-order valence-corrected chi connectivity index (χ1v) is 6.11. The van der Waals surface area contributed by atoms with Gasteiger partial charge < -0.3 is 11.1 Å². The van der Waals surface area contributed by atoms with E-state index in [1.807, 2.05) is 0 Å². The summed E-state index contributed by atoms with van der Waals surface area (Å²) in [6, 6.07) is 3.57. The molecule has 1 heterocycles. The van der Waals surface area contributed by atoms with Crippen LogP contribution in [0, 0.1) is 0 Å². The van der Waals surface area contributed by atoms with Crippen LogP contribution in [0.4, 0.5) is 17.3 Å². The number of nitrogens with two attached hydrogens (primary N) is 1. The van der Waals surface area contributed by atoms with Gasteiger partial charge in [0.1, 0.15) is 5.82 Å². The van der Waals surface area contributed by atoms with Gasteiger partial charge in [0.05, 0.1) is 28.1 Å². The van der Waals surface area contributed by atoms with Crippen LogP contribution < -0.4 is 11.1 Å². The summed E-state index contributed by atoms with van der Waals surface area (Å²) < 4.78 is 0.730. The molecule has 1 aromatic heterocycles. The Morgan fingerprint density at radius 3 is 2.65 bits per heavy atom. The van der Waals surface area contributed by atoms with Gasteiger partial charge in [0.25, 0.3) is 0 Å². The van der Waals surface area contributed by atoms with E-state index >= 15 is 0 Å². The molecule has 0 atom stereocenters. The molecule has 0 unspecified atom stereocenters. The van der Waals surface area contributed by atoms with Crippen molar-refractivity contribution >= 4 is 56.5 Å². The predicted molar refractivity (Wildman–Crippen MR) is 73.9 cm³/mol. The minimum Gasteiger partial charge on any atom is -0.382 e. The summed E-state index contributed by atoms with van der Waals surface area (Å²) in [6.45, 7) is 0. The van der Waals surface area contributed by atoms with Crippen molar-refractivity contribution in [1.82, 2.24) is 9.97 Å². The minimum atomic E-state index is 0.328. The summed E-state index contributed by atoms with van der Waals surface area (Å²) in [7, 11) is 0. The van der Waals surface area contributed by atoms with Crippen LogP contribution in [0.15, 0.2) is 29.0 Å². The zero-order valence-corrected chi connectivity index (χ0v) is 11.5. The van der Waals surface area contributed by atoms with E-state index in [2.05, 4.69) is 31.2 Å². The Hall–Kier alpha value is -1.04. The highest BCUT2D eigenvalue weighted by Gasteiger charge is 2.09. The molecule has 0 aliphatic rings. The van der Waals surface area contributed by atoms with Gasteiger partial charge in [-0.25, -0.2) is 4.98 Å².